The van der Waals surface area contributed by atoms with Gasteiger partial charge in [-0.2, -0.15) is 0 Å². The summed E-state index contributed by atoms with van der Waals surface area (Å²) in [5, 5.41) is 0. The van der Waals surface area contributed by atoms with E-state index >= 15 is 0 Å². The Kier molecular flexibility index (Phi) is 18.6. The predicted molar refractivity (Wildman–Crippen MR) is 72.8 cm³/mol. The summed E-state index contributed by atoms with van der Waals surface area (Å²) in [6.07, 6.45) is 11.5. The van der Waals surface area contributed by atoms with E-state index in [1.807, 2.05) is 0 Å². The van der Waals surface area contributed by atoms with Crippen molar-refractivity contribution in [2.75, 3.05) is 4.43 Å². The lowest BCUT2D eigenvalue weighted by Crippen LogP contribution is -1.80. The van der Waals surface area contributed by atoms with Gasteiger partial charge < -0.3 is 0 Å². The van der Waals surface area contributed by atoms with Crippen LogP contribution in [0.1, 0.15) is 58.3 Å². The lowest BCUT2D eigenvalue weighted by Gasteiger charge is -1.98. The van der Waals surface area contributed by atoms with Crippen LogP contribution in [0.25, 0.3) is 0 Å². The van der Waals surface area contributed by atoms with Crippen molar-refractivity contribution in [3.63, 3.8) is 0 Å². The second kappa shape index (κ2) is 14.5. The first-order valence-corrected chi connectivity index (χ1v) is 6.50. The van der Waals surface area contributed by atoms with E-state index < -0.39 is 0 Å². The molecule has 0 aromatic heterocycles. The van der Waals surface area contributed by atoms with Crippen LogP contribution >= 0.6 is 22.6 Å². The van der Waals surface area contributed by atoms with Crippen molar-refractivity contribution < 1.29 is 0 Å². The number of halogens is 1. The third-order valence-corrected chi connectivity index (χ3v) is 2.75. The minimum Gasteiger partial charge on any atom is -0.0864 e. The van der Waals surface area contributed by atoms with Gasteiger partial charge in [0.25, 0.3) is 0 Å². The van der Waals surface area contributed by atoms with Crippen molar-refractivity contribution in [2.45, 2.75) is 58.3 Å². The predicted octanol–water partition coefficient (Wildman–Crippen LogP) is 3.11. The monoisotopic (exact) mass is 300 g/mol. The molecule has 12 heavy (non-hydrogen) atoms. The number of hydrogen-bond donors (Lipinski definition) is 0. The fourth-order valence-electron chi connectivity index (χ4n) is 1.23. The van der Waals surface area contributed by atoms with Crippen LogP contribution in [0.15, 0.2) is 0 Å². The van der Waals surface area contributed by atoms with Gasteiger partial charge in [-0.1, -0.05) is 74.5 Å². The van der Waals surface area contributed by atoms with Gasteiger partial charge in [0.2, 0.25) is 0 Å². The van der Waals surface area contributed by atoms with Crippen LogP contribution in [-0.2, 0) is 0 Å². The number of hydrogen-bond acceptors (Lipinski definition) is 0. The molecule has 0 radical (unpaired) electrons. The standard InChI is InChI=1S/C10H21I.H4Si/c1-2-3-4-5-6-7-8-9-10-11;/h2-10H2,1H3;1H4. The molecule has 0 N–H and O–H groups in total. The quantitative estimate of drug-likeness (QED) is 0.280. The van der Waals surface area contributed by atoms with Crippen molar-refractivity contribution in [1.82, 2.24) is 0 Å². The molecule has 0 aliphatic carbocycles. The van der Waals surface area contributed by atoms with Crippen LogP contribution in [0.5, 0.6) is 0 Å². The van der Waals surface area contributed by atoms with Gasteiger partial charge in [0.1, 0.15) is 0 Å². The Morgan fingerprint density at radius 2 is 1.17 bits per heavy atom. The van der Waals surface area contributed by atoms with Gasteiger partial charge in [-0.3, -0.25) is 0 Å². The Hall–Kier alpha value is 0.947. The average Bonchev–Trinajstić information content (AvgIpc) is 2.03. The minimum atomic E-state index is 0. The molecule has 0 bridgehead atoms. The van der Waals surface area contributed by atoms with Crippen LogP contribution in [0, 0.1) is 0 Å². The zero-order valence-corrected chi connectivity index (χ0v) is 9.90. The van der Waals surface area contributed by atoms with Gasteiger partial charge in [0, 0.05) is 0 Å². The second-order valence-corrected chi connectivity index (χ2v) is 4.24. The van der Waals surface area contributed by atoms with E-state index in [1.165, 1.54) is 55.8 Å². The van der Waals surface area contributed by atoms with Crippen LogP contribution in [0.2, 0.25) is 0 Å². The Bertz CT molecular complexity index is 58.9. The molecule has 0 amide bonds. The fraction of sp³-hybridized carbons (Fsp3) is 1.00. The highest BCUT2D eigenvalue weighted by Gasteiger charge is 1.89. The molecule has 0 aliphatic rings. The van der Waals surface area contributed by atoms with Gasteiger partial charge in [-0.15, -0.1) is 0 Å². The molecule has 0 fully saturated rings. The molecule has 0 aromatic rings. The Morgan fingerprint density at radius 1 is 0.750 bits per heavy atom. The van der Waals surface area contributed by atoms with E-state index in [0.717, 1.165) is 0 Å². The molecule has 0 unspecified atom stereocenters. The lowest BCUT2D eigenvalue weighted by atomic mass is 10.1. The van der Waals surface area contributed by atoms with Gasteiger partial charge >= 0.3 is 0 Å². The van der Waals surface area contributed by atoms with Crippen molar-refractivity contribution in [1.29, 1.82) is 0 Å². The van der Waals surface area contributed by atoms with Gasteiger partial charge in [0.15, 0.2) is 0 Å². The first kappa shape index (κ1) is 15.4. The SMILES string of the molecule is CCCCCCCCCCI.[SiH4]. The highest BCUT2D eigenvalue weighted by molar-refractivity contribution is 14.1. The fourth-order valence-corrected chi connectivity index (χ4v) is 1.77. The second-order valence-electron chi connectivity index (χ2n) is 3.16. The van der Waals surface area contributed by atoms with E-state index in [4.69, 9.17) is 0 Å². The Balaban J connectivity index is 0. The molecule has 0 rings (SSSR count). The van der Waals surface area contributed by atoms with E-state index in [2.05, 4.69) is 29.5 Å². The summed E-state index contributed by atoms with van der Waals surface area (Å²) in [5.74, 6) is 0. The van der Waals surface area contributed by atoms with Crippen molar-refractivity contribution >= 4 is 33.6 Å². The third kappa shape index (κ3) is 13.5. The highest BCUT2D eigenvalue weighted by Crippen LogP contribution is 2.08. The molecule has 0 spiro atoms. The van der Waals surface area contributed by atoms with Crippen molar-refractivity contribution in [2.24, 2.45) is 0 Å². The summed E-state index contributed by atoms with van der Waals surface area (Å²) >= 11 is 2.46. The largest absolute Gasteiger partial charge is 0.0864 e. The summed E-state index contributed by atoms with van der Waals surface area (Å²) in [6.45, 7) is 2.27. The first-order chi connectivity index (χ1) is 5.41. The van der Waals surface area contributed by atoms with Gasteiger partial charge in [-0.25, -0.2) is 0 Å². The zero-order chi connectivity index (χ0) is 8.36. The summed E-state index contributed by atoms with van der Waals surface area (Å²) in [6, 6.07) is 0. The molecular formula is C10H25ISi. The molecule has 0 heterocycles. The molecule has 0 aliphatic heterocycles. The zero-order valence-electron chi connectivity index (χ0n) is 7.74. The maximum atomic E-state index is 2.46. The van der Waals surface area contributed by atoms with Gasteiger partial charge in [-0.05, 0) is 21.8 Å². The molecule has 0 saturated carbocycles. The Morgan fingerprint density at radius 3 is 1.58 bits per heavy atom. The summed E-state index contributed by atoms with van der Waals surface area (Å²) < 4.78 is 1.34. The van der Waals surface area contributed by atoms with Crippen LogP contribution in [0.3, 0.4) is 0 Å². The Labute approximate surface area is 96.1 Å². The van der Waals surface area contributed by atoms with Crippen LogP contribution in [0.4, 0.5) is 0 Å². The van der Waals surface area contributed by atoms with Crippen molar-refractivity contribution in [3.8, 4) is 0 Å². The average molecular weight is 300 g/mol. The van der Waals surface area contributed by atoms with E-state index in [-0.39, 0.29) is 11.0 Å². The first-order valence-electron chi connectivity index (χ1n) is 4.97. The van der Waals surface area contributed by atoms with Crippen molar-refractivity contribution in [3.05, 3.63) is 0 Å². The van der Waals surface area contributed by atoms with Crippen LogP contribution < -0.4 is 0 Å². The molecule has 2 heteroatoms. The molecule has 0 aromatic carbocycles. The minimum absolute atomic E-state index is 0. The highest BCUT2D eigenvalue weighted by atomic mass is 127. The third-order valence-electron chi connectivity index (χ3n) is 1.99. The summed E-state index contributed by atoms with van der Waals surface area (Å²) in [7, 11) is 0. The molecule has 0 nitrogen and oxygen atoms in total. The smallest absolute Gasteiger partial charge is 0.000473 e. The molecule has 76 valence electrons. The maximum absolute atomic E-state index is 2.46. The number of rotatable bonds is 8. The lowest BCUT2D eigenvalue weighted by molar-refractivity contribution is 0.587. The number of alkyl halides is 1. The summed E-state index contributed by atoms with van der Waals surface area (Å²) in [5.41, 5.74) is 0. The molecular weight excluding hydrogens is 275 g/mol. The van der Waals surface area contributed by atoms with E-state index in [1.54, 1.807) is 0 Å². The summed E-state index contributed by atoms with van der Waals surface area (Å²) in [4.78, 5) is 0. The van der Waals surface area contributed by atoms with E-state index in [9.17, 15) is 0 Å². The molecule has 0 saturated heterocycles. The topological polar surface area (TPSA) is 0 Å². The normalized spacial score (nSPS) is 9.50. The van der Waals surface area contributed by atoms with Gasteiger partial charge in [0.05, 0.1) is 0 Å². The van der Waals surface area contributed by atoms with Crippen LogP contribution in [-0.4, -0.2) is 15.4 Å². The molecule has 0 atom stereocenters. The maximum Gasteiger partial charge on any atom is -0.000473 e. The van der Waals surface area contributed by atoms with E-state index in [0.29, 0.717) is 0 Å². The number of unbranched alkanes of at least 4 members (excludes halogenated alkanes) is 7.